The SMILES string of the molecule is OC1CC(COPI)C1. The van der Waals surface area contributed by atoms with E-state index in [0.29, 0.717) is 12.4 Å². The molecule has 0 aromatic rings. The third-order valence-corrected chi connectivity index (χ3v) is 2.79. The number of aliphatic hydroxyl groups is 1. The monoisotopic (exact) mass is 260 g/mol. The second kappa shape index (κ2) is 4.06. The highest BCUT2D eigenvalue weighted by Crippen LogP contribution is 2.31. The van der Waals surface area contributed by atoms with Gasteiger partial charge < -0.3 is 9.63 Å². The summed E-state index contributed by atoms with van der Waals surface area (Å²) in [6.07, 6.45) is 1.86. The van der Waals surface area contributed by atoms with Gasteiger partial charge in [0, 0.05) is 0 Å². The zero-order valence-electron chi connectivity index (χ0n) is 5.01. The van der Waals surface area contributed by atoms with Crippen molar-refractivity contribution < 1.29 is 9.63 Å². The topological polar surface area (TPSA) is 29.5 Å². The number of aliphatic hydroxyl groups excluding tert-OH is 1. The number of hydrogen-bond donors (Lipinski definition) is 1. The molecule has 1 rings (SSSR count). The van der Waals surface area contributed by atoms with Crippen LogP contribution in [0.15, 0.2) is 0 Å². The number of rotatable bonds is 3. The molecule has 1 unspecified atom stereocenters. The molecule has 1 atom stereocenters. The van der Waals surface area contributed by atoms with E-state index in [4.69, 9.17) is 9.63 Å². The third-order valence-electron chi connectivity index (χ3n) is 1.58. The fourth-order valence-corrected chi connectivity index (χ4v) is 1.82. The molecule has 0 heterocycles. The fourth-order valence-electron chi connectivity index (χ4n) is 0.986. The van der Waals surface area contributed by atoms with Crippen molar-refractivity contribution >= 4 is 28.5 Å². The van der Waals surface area contributed by atoms with Gasteiger partial charge in [-0.2, -0.15) is 0 Å². The lowest BCUT2D eigenvalue weighted by atomic mass is 9.83. The minimum absolute atomic E-state index is 0.0313. The van der Waals surface area contributed by atoms with Crippen molar-refractivity contribution in [3.05, 3.63) is 0 Å². The molecule has 9 heavy (non-hydrogen) atoms. The smallest absolute Gasteiger partial charge is 0.0793 e. The van der Waals surface area contributed by atoms with Crippen LogP contribution < -0.4 is 0 Å². The van der Waals surface area contributed by atoms with E-state index in [1.807, 2.05) is 0 Å². The normalized spacial score (nSPS) is 35.3. The van der Waals surface area contributed by atoms with E-state index in [1.54, 1.807) is 0 Å². The summed E-state index contributed by atoms with van der Waals surface area (Å²) in [5.41, 5.74) is 0. The van der Waals surface area contributed by atoms with Gasteiger partial charge in [0.05, 0.1) is 19.2 Å². The van der Waals surface area contributed by atoms with Gasteiger partial charge in [0.25, 0.3) is 0 Å². The molecule has 1 saturated carbocycles. The van der Waals surface area contributed by atoms with Gasteiger partial charge in [0.1, 0.15) is 0 Å². The molecule has 2 nitrogen and oxygen atoms in total. The molecule has 0 aromatic heterocycles. The zero-order chi connectivity index (χ0) is 6.69. The van der Waals surface area contributed by atoms with E-state index in [0.717, 1.165) is 19.4 Å². The van der Waals surface area contributed by atoms with Gasteiger partial charge in [0.15, 0.2) is 0 Å². The quantitative estimate of drug-likeness (QED) is 0.618. The Balaban J connectivity index is 1.91. The summed E-state index contributed by atoms with van der Waals surface area (Å²) in [4.78, 5) is 0. The molecule has 54 valence electrons. The Morgan fingerprint density at radius 1 is 1.67 bits per heavy atom. The first-order valence-electron chi connectivity index (χ1n) is 2.98. The Kier molecular flexibility index (Phi) is 3.69. The largest absolute Gasteiger partial charge is 0.393 e. The average molecular weight is 260 g/mol. The Labute approximate surface area is 69.7 Å². The van der Waals surface area contributed by atoms with Gasteiger partial charge in [-0.15, -0.1) is 0 Å². The van der Waals surface area contributed by atoms with Crippen molar-refractivity contribution in [3.8, 4) is 0 Å². The molecule has 0 bridgehead atoms. The summed E-state index contributed by atoms with van der Waals surface area (Å²) in [5.74, 6) is 0.641. The second-order valence-corrected chi connectivity index (χ2v) is 4.14. The van der Waals surface area contributed by atoms with E-state index in [1.165, 1.54) is 0 Å². The van der Waals surface area contributed by atoms with Crippen molar-refractivity contribution in [2.45, 2.75) is 18.9 Å². The van der Waals surface area contributed by atoms with Crippen molar-refractivity contribution in [2.24, 2.45) is 5.92 Å². The standard InChI is InChI=1S/C5H10IO2P/c6-9-8-3-4-1-5(7)2-4/h4-5,7,9H,1-3H2. The fraction of sp³-hybridized carbons (Fsp3) is 1.00. The van der Waals surface area contributed by atoms with Gasteiger partial charge in [-0.05, 0) is 40.8 Å². The lowest BCUT2D eigenvalue weighted by Crippen LogP contribution is -2.30. The van der Waals surface area contributed by atoms with Crippen LogP contribution in [0.4, 0.5) is 0 Å². The van der Waals surface area contributed by atoms with E-state index in [-0.39, 0.29) is 6.10 Å². The van der Waals surface area contributed by atoms with E-state index < -0.39 is 0 Å². The first-order valence-corrected chi connectivity index (χ1v) is 7.00. The van der Waals surface area contributed by atoms with Gasteiger partial charge in [-0.25, -0.2) is 0 Å². The Hall–Kier alpha value is 1.08. The molecular formula is C5H10IO2P. The maximum absolute atomic E-state index is 8.86. The van der Waals surface area contributed by atoms with Crippen LogP contribution in [0.1, 0.15) is 12.8 Å². The average Bonchev–Trinajstić information content (AvgIpc) is 1.78. The third kappa shape index (κ3) is 2.66. The van der Waals surface area contributed by atoms with Crippen LogP contribution in [0.3, 0.4) is 0 Å². The van der Waals surface area contributed by atoms with Crippen LogP contribution in [-0.2, 0) is 4.52 Å². The summed E-state index contributed by atoms with van der Waals surface area (Å²) >= 11 is 2.21. The highest BCUT2D eigenvalue weighted by molar-refractivity contribution is 14.2. The highest BCUT2D eigenvalue weighted by atomic mass is 127. The molecule has 0 amide bonds. The van der Waals surface area contributed by atoms with Gasteiger partial charge in [0.2, 0.25) is 0 Å². The van der Waals surface area contributed by atoms with Crippen LogP contribution >= 0.6 is 28.5 Å². The predicted molar refractivity (Wildman–Crippen MR) is 47.0 cm³/mol. The Morgan fingerprint density at radius 3 is 2.78 bits per heavy atom. The summed E-state index contributed by atoms with van der Waals surface area (Å²) in [7, 11) is 0. The van der Waals surface area contributed by atoms with E-state index in [2.05, 4.69) is 22.0 Å². The van der Waals surface area contributed by atoms with Crippen molar-refractivity contribution in [1.29, 1.82) is 0 Å². The van der Waals surface area contributed by atoms with Crippen LogP contribution in [-0.4, -0.2) is 17.8 Å². The highest BCUT2D eigenvalue weighted by Gasteiger charge is 2.26. The van der Waals surface area contributed by atoms with Gasteiger partial charge in [-0.1, -0.05) is 0 Å². The van der Waals surface area contributed by atoms with Crippen molar-refractivity contribution in [1.82, 2.24) is 0 Å². The summed E-state index contributed by atoms with van der Waals surface area (Å²) in [5, 5.41) is 8.86. The maximum Gasteiger partial charge on any atom is 0.0793 e. The molecule has 0 aromatic carbocycles. The Morgan fingerprint density at radius 2 is 2.33 bits per heavy atom. The molecule has 1 aliphatic rings. The molecule has 1 N–H and O–H groups in total. The number of hydrogen-bond acceptors (Lipinski definition) is 2. The second-order valence-electron chi connectivity index (χ2n) is 2.38. The van der Waals surface area contributed by atoms with Gasteiger partial charge >= 0.3 is 0 Å². The Bertz CT molecular complexity index is 85.0. The molecular weight excluding hydrogens is 250 g/mol. The lowest BCUT2D eigenvalue weighted by molar-refractivity contribution is 0.0236. The van der Waals surface area contributed by atoms with E-state index >= 15 is 0 Å². The minimum Gasteiger partial charge on any atom is -0.393 e. The van der Waals surface area contributed by atoms with Crippen LogP contribution in [0, 0.1) is 5.92 Å². The zero-order valence-corrected chi connectivity index (χ0v) is 8.17. The maximum atomic E-state index is 8.86. The molecule has 0 aliphatic heterocycles. The van der Waals surface area contributed by atoms with E-state index in [9.17, 15) is 0 Å². The number of halogens is 1. The first kappa shape index (κ1) is 8.18. The molecule has 0 saturated heterocycles. The summed E-state index contributed by atoms with van der Waals surface area (Å²) in [6, 6.07) is 0. The van der Waals surface area contributed by atoms with Crippen molar-refractivity contribution in [3.63, 3.8) is 0 Å². The predicted octanol–water partition coefficient (Wildman–Crippen LogP) is 1.72. The summed E-state index contributed by atoms with van der Waals surface area (Å²) in [6.45, 7) is 1.41. The van der Waals surface area contributed by atoms with Crippen LogP contribution in [0.2, 0.25) is 0 Å². The van der Waals surface area contributed by atoms with Gasteiger partial charge in [-0.3, -0.25) is 0 Å². The lowest BCUT2D eigenvalue weighted by Gasteiger charge is -2.30. The molecule has 4 heteroatoms. The molecule has 0 spiro atoms. The first-order chi connectivity index (χ1) is 4.33. The van der Waals surface area contributed by atoms with Crippen LogP contribution in [0.5, 0.6) is 0 Å². The van der Waals surface area contributed by atoms with Crippen molar-refractivity contribution in [2.75, 3.05) is 6.61 Å². The molecule has 0 radical (unpaired) electrons. The van der Waals surface area contributed by atoms with Crippen LogP contribution in [0.25, 0.3) is 0 Å². The molecule has 1 fully saturated rings. The summed E-state index contributed by atoms with van der Waals surface area (Å²) < 4.78 is 5.19. The molecule has 1 aliphatic carbocycles. The minimum atomic E-state index is -0.0313.